The van der Waals surface area contributed by atoms with Crippen molar-refractivity contribution in [3.8, 4) is 11.8 Å². The Kier molecular flexibility index (Phi) is 6.73. The summed E-state index contributed by atoms with van der Waals surface area (Å²) in [6.45, 7) is 8.57. The van der Waals surface area contributed by atoms with Crippen LogP contribution in [0.2, 0.25) is 19.6 Å². The van der Waals surface area contributed by atoms with Crippen molar-refractivity contribution >= 4 is 8.32 Å². The van der Waals surface area contributed by atoms with Crippen LogP contribution in [0.15, 0.2) is 0 Å². The number of hydrogen-bond acceptors (Lipinski definition) is 4. The van der Waals surface area contributed by atoms with Crippen LogP contribution in [0.5, 0.6) is 0 Å². The first kappa shape index (κ1) is 18.6. The van der Waals surface area contributed by atoms with Gasteiger partial charge < -0.3 is 4.43 Å². The van der Waals surface area contributed by atoms with E-state index in [9.17, 15) is 0 Å². The lowest BCUT2D eigenvalue weighted by atomic mass is 10.2. The topological polar surface area (TPSA) is 19.0 Å². The Morgan fingerprint density at radius 1 is 0.895 bits per heavy atom. The minimum Gasteiger partial charge on any atom is -0.404 e. The van der Waals surface area contributed by atoms with E-state index in [0.29, 0.717) is 0 Å². The van der Waals surface area contributed by atoms with Gasteiger partial charge in [-0.1, -0.05) is 5.92 Å². The second-order valence-electron chi connectivity index (χ2n) is 6.46. The fraction of sp³-hybridized carbons (Fsp3) is 0.857. The van der Waals surface area contributed by atoms with E-state index in [1.54, 1.807) is 0 Å². The molecule has 0 radical (unpaired) electrons. The Balaban J connectivity index is 5.26. The summed E-state index contributed by atoms with van der Waals surface area (Å²) in [5, 5.41) is 0. The van der Waals surface area contributed by atoms with Gasteiger partial charge in [0.25, 0.3) is 0 Å². The molecule has 0 aromatic rings. The summed E-state index contributed by atoms with van der Waals surface area (Å²) in [5.74, 6) is 6.22. The van der Waals surface area contributed by atoms with Crippen LogP contribution in [0.4, 0.5) is 0 Å². The molecule has 1 unspecified atom stereocenters. The first-order valence-electron chi connectivity index (χ1n) is 6.66. The molecule has 0 rings (SSSR count). The van der Waals surface area contributed by atoms with Gasteiger partial charge >= 0.3 is 0 Å². The maximum Gasteiger partial charge on any atom is 0.194 e. The third-order valence-electron chi connectivity index (χ3n) is 2.84. The van der Waals surface area contributed by atoms with Gasteiger partial charge in [-0.05, 0) is 74.8 Å². The van der Waals surface area contributed by atoms with E-state index in [4.69, 9.17) is 4.43 Å². The molecule has 112 valence electrons. The van der Waals surface area contributed by atoms with Crippen molar-refractivity contribution in [1.82, 2.24) is 14.7 Å². The molecule has 0 spiro atoms. The van der Waals surface area contributed by atoms with Crippen molar-refractivity contribution in [2.75, 3.05) is 42.3 Å². The van der Waals surface area contributed by atoms with Gasteiger partial charge in [-0.15, -0.1) is 0 Å². The molecule has 0 aliphatic carbocycles. The molecule has 1 atom stereocenters. The van der Waals surface area contributed by atoms with Crippen LogP contribution in [-0.4, -0.2) is 77.2 Å². The molecule has 0 N–H and O–H groups in total. The molecule has 0 saturated heterocycles. The van der Waals surface area contributed by atoms with E-state index < -0.39 is 14.1 Å². The molecule has 0 aliphatic rings. The zero-order valence-electron chi connectivity index (χ0n) is 14.3. The van der Waals surface area contributed by atoms with Crippen LogP contribution in [-0.2, 0) is 4.43 Å². The summed E-state index contributed by atoms with van der Waals surface area (Å²) in [4.78, 5) is 6.34. The lowest BCUT2D eigenvalue weighted by molar-refractivity contribution is -0.0572. The Morgan fingerprint density at radius 2 is 1.26 bits per heavy atom. The van der Waals surface area contributed by atoms with Crippen LogP contribution in [0.1, 0.15) is 6.92 Å². The second-order valence-corrected chi connectivity index (χ2v) is 10.9. The fourth-order valence-electron chi connectivity index (χ4n) is 2.29. The Morgan fingerprint density at radius 3 is 1.53 bits per heavy atom. The predicted molar refractivity (Wildman–Crippen MR) is 85.5 cm³/mol. The standard InChI is InChI=1S/C14H31N3OSi/c1-13(18-19(8,9)10)11-12-14(15(2)3,16(4)5)17(6)7/h13H,1-10H3. The summed E-state index contributed by atoms with van der Waals surface area (Å²) >= 11 is 0. The maximum atomic E-state index is 5.98. The first-order valence-corrected chi connectivity index (χ1v) is 10.1. The minimum absolute atomic E-state index is 0.0362. The zero-order valence-corrected chi connectivity index (χ0v) is 15.3. The molecule has 4 nitrogen and oxygen atoms in total. The van der Waals surface area contributed by atoms with Crippen LogP contribution in [0.25, 0.3) is 0 Å². The fourth-order valence-corrected chi connectivity index (χ4v) is 3.41. The number of hydrogen-bond donors (Lipinski definition) is 0. The van der Waals surface area contributed by atoms with E-state index in [2.05, 4.69) is 46.2 Å². The van der Waals surface area contributed by atoms with Gasteiger partial charge in [-0.2, -0.15) is 0 Å². The minimum atomic E-state index is -1.54. The van der Waals surface area contributed by atoms with E-state index in [0.717, 1.165) is 0 Å². The quantitative estimate of drug-likeness (QED) is 0.433. The average molecular weight is 286 g/mol. The lowest BCUT2D eigenvalue weighted by Crippen LogP contribution is -2.63. The van der Waals surface area contributed by atoms with E-state index >= 15 is 0 Å². The van der Waals surface area contributed by atoms with Crippen molar-refractivity contribution in [2.45, 2.75) is 38.5 Å². The Labute approximate surface area is 120 Å². The highest BCUT2D eigenvalue weighted by atomic mass is 28.4. The molecular formula is C14H31N3OSi. The molecule has 0 bridgehead atoms. The Bertz CT molecular complexity index is 315. The highest BCUT2D eigenvalue weighted by Gasteiger charge is 2.36. The monoisotopic (exact) mass is 285 g/mol. The van der Waals surface area contributed by atoms with E-state index in [1.807, 2.05) is 49.2 Å². The average Bonchev–Trinajstić information content (AvgIpc) is 2.13. The Hall–Kier alpha value is -0.383. The van der Waals surface area contributed by atoms with E-state index in [-0.39, 0.29) is 6.10 Å². The van der Waals surface area contributed by atoms with Gasteiger partial charge in [0.2, 0.25) is 0 Å². The van der Waals surface area contributed by atoms with Crippen LogP contribution in [0.3, 0.4) is 0 Å². The van der Waals surface area contributed by atoms with Gasteiger partial charge in [-0.3, -0.25) is 14.7 Å². The summed E-state index contributed by atoms with van der Waals surface area (Å²) < 4.78 is 5.98. The molecule has 0 aliphatic heterocycles. The summed E-state index contributed by atoms with van der Waals surface area (Å²) in [7, 11) is 10.7. The smallest absolute Gasteiger partial charge is 0.194 e. The highest BCUT2D eigenvalue weighted by molar-refractivity contribution is 6.69. The van der Waals surface area contributed by atoms with Crippen molar-refractivity contribution < 1.29 is 4.43 Å². The molecule has 19 heavy (non-hydrogen) atoms. The predicted octanol–water partition coefficient (Wildman–Crippen LogP) is 1.57. The molecule has 0 saturated carbocycles. The van der Waals surface area contributed by atoms with Crippen molar-refractivity contribution in [3.63, 3.8) is 0 Å². The molecule has 0 heterocycles. The molecule has 0 aromatic heterocycles. The third kappa shape index (κ3) is 5.25. The van der Waals surface area contributed by atoms with Crippen LogP contribution >= 0.6 is 0 Å². The van der Waals surface area contributed by atoms with Gasteiger partial charge in [0.05, 0.1) is 0 Å². The third-order valence-corrected chi connectivity index (χ3v) is 3.90. The lowest BCUT2D eigenvalue weighted by Gasteiger charge is -2.45. The second kappa shape index (κ2) is 6.87. The maximum absolute atomic E-state index is 5.98. The van der Waals surface area contributed by atoms with Crippen LogP contribution < -0.4 is 0 Å². The zero-order chi connectivity index (χ0) is 15.4. The molecule has 0 fully saturated rings. The number of nitrogens with zero attached hydrogens (tertiary/aromatic N) is 3. The van der Waals surface area contributed by atoms with Gasteiger partial charge in [0.15, 0.2) is 14.1 Å². The molecule has 0 aromatic carbocycles. The van der Waals surface area contributed by atoms with Crippen molar-refractivity contribution in [3.05, 3.63) is 0 Å². The summed E-state index contributed by atoms with van der Waals surface area (Å²) in [6.07, 6.45) is -0.0362. The van der Waals surface area contributed by atoms with Crippen LogP contribution in [0, 0.1) is 11.8 Å². The van der Waals surface area contributed by atoms with Crippen molar-refractivity contribution in [1.29, 1.82) is 0 Å². The summed E-state index contributed by atoms with van der Waals surface area (Å²) in [6, 6.07) is 0. The first-order chi connectivity index (χ1) is 8.43. The SMILES string of the molecule is CC(C#CC(N(C)C)(N(C)C)N(C)C)O[Si](C)(C)C. The number of rotatable bonds is 5. The van der Waals surface area contributed by atoms with Gasteiger partial charge in [0.1, 0.15) is 6.10 Å². The summed E-state index contributed by atoms with van der Waals surface area (Å²) in [5.41, 5.74) is 0. The largest absolute Gasteiger partial charge is 0.404 e. The normalized spacial score (nSPS) is 14.8. The van der Waals surface area contributed by atoms with Gasteiger partial charge in [-0.25, -0.2) is 0 Å². The van der Waals surface area contributed by atoms with E-state index in [1.165, 1.54) is 0 Å². The highest BCUT2D eigenvalue weighted by Crippen LogP contribution is 2.17. The van der Waals surface area contributed by atoms with Crippen molar-refractivity contribution in [2.24, 2.45) is 0 Å². The molecule has 5 heteroatoms. The van der Waals surface area contributed by atoms with Gasteiger partial charge in [0, 0.05) is 0 Å². The molecular weight excluding hydrogens is 254 g/mol. The molecule has 0 amide bonds.